The topological polar surface area (TPSA) is 55.4 Å². The van der Waals surface area contributed by atoms with Crippen LogP contribution in [0.4, 0.5) is 0 Å². The third-order valence-electron chi connectivity index (χ3n) is 4.09. The molecule has 1 aliphatic rings. The van der Waals surface area contributed by atoms with Crippen molar-refractivity contribution in [2.75, 3.05) is 26.0 Å². The number of sulfone groups is 1. The minimum absolute atomic E-state index is 0.176. The molecule has 0 bridgehead atoms. The largest absolute Gasteiger partial charge is 0.375 e. The zero-order valence-corrected chi connectivity index (χ0v) is 15.0. The highest BCUT2D eigenvalue weighted by Crippen LogP contribution is 2.30. The summed E-state index contributed by atoms with van der Waals surface area (Å²) in [7, 11) is -3.19. The van der Waals surface area contributed by atoms with Crippen molar-refractivity contribution in [2.24, 2.45) is 0 Å². The van der Waals surface area contributed by atoms with Crippen molar-refractivity contribution in [3.05, 3.63) is 53.1 Å². The van der Waals surface area contributed by atoms with Crippen molar-refractivity contribution in [3.8, 4) is 11.1 Å². The van der Waals surface area contributed by atoms with Crippen molar-refractivity contribution in [3.63, 3.8) is 0 Å². The summed E-state index contributed by atoms with van der Waals surface area (Å²) in [6, 6.07) is 12.8. The number of benzene rings is 2. The van der Waals surface area contributed by atoms with E-state index in [1.54, 1.807) is 24.3 Å². The van der Waals surface area contributed by atoms with Crippen LogP contribution in [-0.4, -0.2) is 40.5 Å². The van der Waals surface area contributed by atoms with Gasteiger partial charge in [-0.25, -0.2) is 8.42 Å². The van der Waals surface area contributed by atoms with E-state index in [1.807, 2.05) is 18.2 Å². The smallest absolute Gasteiger partial charge is 0.175 e. The molecular weight excluding hydrogens is 346 g/mol. The summed E-state index contributed by atoms with van der Waals surface area (Å²) in [5, 5.41) is 3.97. The van der Waals surface area contributed by atoms with Crippen molar-refractivity contribution in [1.29, 1.82) is 0 Å². The van der Waals surface area contributed by atoms with Crippen molar-refractivity contribution < 1.29 is 13.2 Å². The molecule has 0 aromatic heterocycles. The fourth-order valence-corrected chi connectivity index (χ4v) is 3.76. The van der Waals surface area contributed by atoms with Crippen LogP contribution in [0.3, 0.4) is 0 Å². The molecule has 0 spiro atoms. The molecule has 2 aromatic carbocycles. The van der Waals surface area contributed by atoms with Gasteiger partial charge in [-0.2, -0.15) is 0 Å². The van der Waals surface area contributed by atoms with E-state index in [9.17, 15) is 8.42 Å². The SMILES string of the molecule is CS(=O)(=O)c1ccc(-c2ccc(CC3CNCCO3)cc2Cl)cc1. The van der Waals surface area contributed by atoms with Crippen molar-refractivity contribution in [1.82, 2.24) is 5.32 Å². The van der Waals surface area contributed by atoms with E-state index >= 15 is 0 Å². The zero-order chi connectivity index (χ0) is 17.2. The van der Waals surface area contributed by atoms with Gasteiger partial charge in [-0.3, -0.25) is 0 Å². The molecule has 0 saturated carbocycles. The number of rotatable bonds is 4. The first kappa shape index (κ1) is 17.4. The molecule has 1 unspecified atom stereocenters. The third kappa shape index (κ3) is 4.16. The Hall–Kier alpha value is -1.40. The Labute approximate surface area is 147 Å². The predicted molar refractivity (Wildman–Crippen MR) is 96.3 cm³/mol. The van der Waals surface area contributed by atoms with E-state index in [-0.39, 0.29) is 6.10 Å². The first-order chi connectivity index (χ1) is 11.4. The van der Waals surface area contributed by atoms with Gasteiger partial charge in [0.25, 0.3) is 0 Å². The number of ether oxygens (including phenoxy) is 1. The van der Waals surface area contributed by atoms with E-state index < -0.39 is 9.84 Å². The molecule has 1 aliphatic heterocycles. The Morgan fingerprint density at radius 1 is 1.21 bits per heavy atom. The summed E-state index contributed by atoms with van der Waals surface area (Å²) in [5.41, 5.74) is 2.92. The predicted octanol–water partition coefficient (Wildman–Crippen LogP) is 2.94. The summed E-state index contributed by atoms with van der Waals surface area (Å²) >= 11 is 6.44. The Kier molecular flexibility index (Phi) is 5.25. The second-order valence-corrected chi connectivity index (χ2v) is 8.43. The molecule has 1 saturated heterocycles. The Morgan fingerprint density at radius 3 is 2.54 bits per heavy atom. The number of hydrogen-bond acceptors (Lipinski definition) is 4. The molecule has 0 amide bonds. The molecule has 1 N–H and O–H groups in total. The molecule has 24 heavy (non-hydrogen) atoms. The highest BCUT2D eigenvalue weighted by molar-refractivity contribution is 7.90. The van der Waals surface area contributed by atoms with Crippen LogP contribution >= 0.6 is 11.6 Å². The number of hydrogen-bond donors (Lipinski definition) is 1. The quantitative estimate of drug-likeness (QED) is 0.905. The van der Waals surface area contributed by atoms with Gasteiger partial charge >= 0.3 is 0 Å². The molecule has 0 aliphatic carbocycles. The third-order valence-corrected chi connectivity index (χ3v) is 5.54. The maximum atomic E-state index is 11.5. The van der Waals surface area contributed by atoms with E-state index in [0.717, 1.165) is 42.8 Å². The highest BCUT2D eigenvalue weighted by atomic mass is 35.5. The van der Waals surface area contributed by atoms with E-state index in [0.29, 0.717) is 9.92 Å². The van der Waals surface area contributed by atoms with Crippen LogP contribution in [0.25, 0.3) is 11.1 Å². The number of nitrogens with one attached hydrogen (secondary N) is 1. The summed E-state index contributed by atoms with van der Waals surface area (Å²) in [4.78, 5) is 0.306. The van der Waals surface area contributed by atoms with Crippen LogP contribution in [0.1, 0.15) is 5.56 Å². The van der Waals surface area contributed by atoms with Gasteiger partial charge in [0.2, 0.25) is 0 Å². The monoisotopic (exact) mass is 365 g/mol. The normalized spacial score (nSPS) is 18.5. The van der Waals surface area contributed by atoms with Gasteiger partial charge in [0.05, 0.1) is 17.6 Å². The second kappa shape index (κ2) is 7.23. The standard InChI is InChI=1S/C18H20ClNO3S/c1-24(21,22)16-5-3-14(4-6-16)17-7-2-13(11-18(17)19)10-15-12-20-8-9-23-15/h2-7,11,15,20H,8-10,12H2,1H3. The summed E-state index contributed by atoms with van der Waals surface area (Å²) in [6.07, 6.45) is 2.20. The Balaban J connectivity index is 1.79. The lowest BCUT2D eigenvalue weighted by atomic mass is 10.0. The molecule has 6 heteroatoms. The molecule has 1 fully saturated rings. The maximum absolute atomic E-state index is 11.5. The lowest BCUT2D eigenvalue weighted by Gasteiger charge is -2.23. The number of halogens is 1. The average Bonchev–Trinajstić information content (AvgIpc) is 2.55. The fourth-order valence-electron chi connectivity index (χ4n) is 2.82. The van der Waals surface area contributed by atoms with Gasteiger partial charge in [-0.15, -0.1) is 0 Å². The molecule has 1 atom stereocenters. The molecule has 2 aromatic rings. The molecule has 128 valence electrons. The highest BCUT2D eigenvalue weighted by Gasteiger charge is 2.15. The molecule has 3 rings (SSSR count). The van der Waals surface area contributed by atoms with Crippen molar-refractivity contribution in [2.45, 2.75) is 17.4 Å². The van der Waals surface area contributed by atoms with Gasteiger partial charge in [-0.1, -0.05) is 35.9 Å². The molecular formula is C18H20ClNO3S. The first-order valence-electron chi connectivity index (χ1n) is 7.85. The average molecular weight is 366 g/mol. The van der Waals surface area contributed by atoms with E-state index in [1.165, 1.54) is 6.26 Å². The van der Waals surface area contributed by atoms with Crippen LogP contribution in [0.15, 0.2) is 47.4 Å². The summed E-state index contributed by atoms with van der Waals surface area (Å²) in [6.45, 7) is 2.50. The van der Waals surface area contributed by atoms with Gasteiger partial charge in [-0.05, 0) is 35.7 Å². The van der Waals surface area contributed by atoms with Gasteiger partial charge < -0.3 is 10.1 Å². The summed E-state index contributed by atoms with van der Waals surface area (Å²) < 4.78 is 28.8. The lowest BCUT2D eigenvalue weighted by molar-refractivity contribution is 0.0292. The second-order valence-electron chi connectivity index (χ2n) is 6.01. The first-order valence-corrected chi connectivity index (χ1v) is 10.1. The van der Waals surface area contributed by atoms with Gasteiger partial charge in [0.15, 0.2) is 9.84 Å². The van der Waals surface area contributed by atoms with E-state index in [4.69, 9.17) is 16.3 Å². The van der Waals surface area contributed by atoms with Crippen LogP contribution in [0.2, 0.25) is 5.02 Å². The minimum Gasteiger partial charge on any atom is -0.375 e. The minimum atomic E-state index is -3.19. The van der Waals surface area contributed by atoms with E-state index in [2.05, 4.69) is 5.32 Å². The van der Waals surface area contributed by atoms with Crippen molar-refractivity contribution >= 4 is 21.4 Å². The zero-order valence-electron chi connectivity index (χ0n) is 13.5. The van der Waals surface area contributed by atoms with Gasteiger partial charge in [0, 0.05) is 29.9 Å². The van der Waals surface area contributed by atoms with Gasteiger partial charge in [0.1, 0.15) is 0 Å². The number of morpholine rings is 1. The fraction of sp³-hybridized carbons (Fsp3) is 0.333. The molecule has 4 nitrogen and oxygen atoms in total. The van der Waals surface area contributed by atoms with Crippen LogP contribution in [0, 0.1) is 0 Å². The lowest BCUT2D eigenvalue weighted by Crippen LogP contribution is -2.39. The van der Waals surface area contributed by atoms with Crippen LogP contribution < -0.4 is 5.32 Å². The van der Waals surface area contributed by atoms with Crippen LogP contribution in [-0.2, 0) is 21.0 Å². The Morgan fingerprint density at radius 2 is 1.96 bits per heavy atom. The maximum Gasteiger partial charge on any atom is 0.175 e. The molecule has 0 radical (unpaired) electrons. The van der Waals surface area contributed by atoms with Crippen LogP contribution in [0.5, 0.6) is 0 Å². The Bertz CT molecular complexity index is 813. The summed E-state index contributed by atoms with van der Waals surface area (Å²) in [5.74, 6) is 0. The molecule has 1 heterocycles.